The highest BCUT2D eigenvalue weighted by atomic mass is 16.1. The number of nitrogens with zero attached hydrogens (tertiary/aromatic N) is 3. The lowest BCUT2D eigenvalue weighted by atomic mass is 9.87. The lowest BCUT2D eigenvalue weighted by Crippen LogP contribution is -2.23. The largest absolute Gasteiger partial charge is 0.345 e. The first-order valence-electron chi connectivity index (χ1n) is 9.92. The summed E-state index contributed by atoms with van der Waals surface area (Å²) in [5, 5.41) is 11.7. The van der Waals surface area contributed by atoms with E-state index in [-0.39, 0.29) is 11.3 Å². The second-order valence-electron chi connectivity index (χ2n) is 8.77. The summed E-state index contributed by atoms with van der Waals surface area (Å²) in [4.78, 5) is 12.2. The maximum absolute atomic E-state index is 12.2. The molecule has 2 aliphatic rings. The molecule has 2 saturated carbocycles. The van der Waals surface area contributed by atoms with Gasteiger partial charge in [0.25, 0.3) is 0 Å². The minimum atomic E-state index is -0.104. The van der Waals surface area contributed by atoms with E-state index < -0.39 is 0 Å². The summed E-state index contributed by atoms with van der Waals surface area (Å²) < 4.78 is 2.27. The van der Waals surface area contributed by atoms with Gasteiger partial charge in [-0.3, -0.25) is 4.79 Å². The summed E-state index contributed by atoms with van der Waals surface area (Å²) in [7, 11) is 0. The lowest BCUT2D eigenvalue weighted by molar-refractivity contribution is -0.116. The van der Waals surface area contributed by atoms with E-state index in [0.29, 0.717) is 18.5 Å². The van der Waals surface area contributed by atoms with Gasteiger partial charge in [0, 0.05) is 18.0 Å². The number of hydrogen-bond acceptors (Lipinski definition) is 3. The van der Waals surface area contributed by atoms with Gasteiger partial charge in [-0.2, -0.15) is 0 Å². The summed E-state index contributed by atoms with van der Waals surface area (Å²) in [6.45, 7) is 7.02. The van der Waals surface area contributed by atoms with Gasteiger partial charge in [0.15, 0.2) is 5.82 Å². The molecule has 0 unspecified atom stereocenters. The SMILES string of the molecule is CC(C)(C)c1ccc(C=CC(=O)NCc2nnc(C3CC3)n2C2CC2)cc1. The highest BCUT2D eigenvalue weighted by Gasteiger charge is 2.36. The molecule has 0 radical (unpaired) electrons. The molecule has 0 saturated heterocycles. The minimum Gasteiger partial charge on any atom is -0.345 e. The molecule has 142 valence electrons. The second-order valence-corrected chi connectivity index (χ2v) is 8.77. The number of carbonyl (C=O) groups is 1. The van der Waals surface area contributed by atoms with Crippen molar-refractivity contribution in [1.82, 2.24) is 20.1 Å². The molecule has 5 heteroatoms. The van der Waals surface area contributed by atoms with Crippen LogP contribution in [0, 0.1) is 0 Å². The van der Waals surface area contributed by atoms with Crippen LogP contribution in [-0.4, -0.2) is 20.7 Å². The third-order valence-electron chi connectivity index (χ3n) is 5.27. The lowest BCUT2D eigenvalue weighted by Gasteiger charge is -2.18. The van der Waals surface area contributed by atoms with Gasteiger partial charge in [0.05, 0.1) is 6.54 Å². The summed E-state index contributed by atoms with van der Waals surface area (Å²) in [6, 6.07) is 8.88. The highest BCUT2D eigenvalue weighted by molar-refractivity contribution is 5.91. The van der Waals surface area contributed by atoms with Crippen molar-refractivity contribution in [1.29, 1.82) is 0 Å². The van der Waals surface area contributed by atoms with Gasteiger partial charge in [0.1, 0.15) is 5.82 Å². The molecule has 2 fully saturated rings. The van der Waals surface area contributed by atoms with Gasteiger partial charge in [0.2, 0.25) is 5.91 Å². The third kappa shape index (κ3) is 4.29. The molecular formula is C22H28N4O. The third-order valence-corrected chi connectivity index (χ3v) is 5.27. The summed E-state index contributed by atoms with van der Waals surface area (Å²) in [5.74, 6) is 2.48. The number of aromatic nitrogens is 3. The van der Waals surface area contributed by atoms with Crippen molar-refractivity contribution in [3.05, 3.63) is 53.1 Å². The smallest absolute Gasteiger partial charge is 0.244 e. The van der Waals surface area contributed by atoms with Gasteiger partial charge >= 0.3 is 0 Å². The van der Waals surface area contributed by atoms with E-state index in [9.17, 15) is 4.79 Å². The Morgan fingerprint density at radius 3 is 2.44 bits per heavy atom. The fourth-order valence-electron chi connectivity index (χ4n) is 3.30. The molecule has 4 rings (SSSR count). The molecule has 5 nitrogen and oxygen atoms in total. The first-order chi connectivity index (χ1) is 12.9. The fraction of sp³-hybridized carbons (Fsp3) is 0.500. The van der Waals surface area contributed by atoms with Crippen LogP contribution in [0.5, 0.6) is 0 Å². The van der Waals surface area contributed by atoms with Crippen LogP contribution in [0.4, 0.5) is 0 Å². The van der Waals surface area contributed by atoms with Gasteiger partial charge in [-0.15, -0.1) is 10.2 Å². The van der Waals surface area contributed by atoms with E-state index >= 15 is 0 Å². The van der Waals surface area contributed by atoms with Crippen LogP contribution in [0.25, 0.3) is 6.08 Å². The van der Waals surface area contributed by atoms with E-state index in [0.717, 1.165) is 17.2 Å². The van der Waals surface area contributed by atoms with E-state index in [1.807, 2.05) is 6.08 Å². The molecule has 1 amide bonds. The highest BCUT2D eigenvalue weighted by Crippen LogP contribution is 2.44. The van der Waals surface area contributed by atoms with E-state index in [1.165, 1.54) is 31.2 Å². The van der Waals surface area contributed by atoms with Crippen molar-refractivity contribution in [2.24, 2.45) is 0 Å². The van der Waals surface area contributed by atoms with E-state index in [4.69, 9.17) is 0 Å². The zero-order valence-corrected chi connectivity index (χ0v) is 16.4. The average molecular weight is 364 g/mol. The predicted octanol–water partition coefficient (Wildman–Crippen LogP) is 4.12. The molecule has 2 aromatic rings. The van der Waals surface area contributed by atoms with Crippen molar-refractivity contribution < 1.29 is 4.79 Å². The summed E-state index contributed by atoms with van der Waals surface area (Å²) in [5.41, 5.74) is 2.45. The Bertz CT molecular complexity index is 849. The average Bonchev–Trinajstić information content (AvgIpc) is 3.56. The van der Waals surface area contributed by atoms with Gasteiger partial charge in [-0.25, -0.2) is 0 Å². The van der Waals surface area contributed by atoms with Crippen LogP contribution in [0.2, 0.25) is 0 Å². The Kier molecular flexibility index (Phi) is 4.62. The van der Waals surface area contributed by atoms with E-state index in [1.54, 1.807) is 6.08 Å². The number of rotatable bonds is 6. The zero-order valence-electron chi connectivity index (χ0n) is 16.4. The maximum atomic E-state index is 12.2. The molecule has 27 heavy (non-hydrogen) atoms. The number of benzene rings is 1. The monoisotopic (exact) mass is 364 g/mol. The van der Waals surface area contributed by atoms with Crippen LogP contribution >= 0.6 is 0 Å². The minimum absolute atomic E-state index is 0.104. The predicted molar refractivity (Wildman–Crippen MR) is 106 cm³/mol. The zero-order chi connectivity index (χ0) is 19.0. The van der Waals surface area contributed by atoms with Gasteiger partial charge in [-0.1, -0.05) is 45.0 Å². The molecule has 0 bridgehead atoms. The number of amides is 1. The Hall–Kier alpha value is -2.43. The Labute approximate surface area is 160 Å². The fourth-order valence-corrected chi connectivity index (χ4v) is 3.30. The van der Waals surface area contributed by atoms with Crippen molar-refractivity contribution >= 4 is 12.0 Å². The van der Waals surface area contributed by atoms with Gasteiger partial charge in [-0.05, 0) is 48.3 Å². The molecule has 0 atom stereocenters. The van der Waals surface area contributed by atoms with Gasteiger partial charge < -0.3 is 9.88 Å². The topological polar surface area (TPSA) is 59.8 Å². The Morgan fingerprint density at radius 2 is 1.85 bits per heavy atom. The summed E-state index contributed by atoms with van der Waals surface area (Å²) >= 11 is 0. The molecule has 0 aliphatic heterocycles. The van der Waals surface area contributed by atoms with Crippen LogP contribution in [0.3, 0.4) is 0 Å². The van der Waals surface area contributed by atoms with E-state index in [2.05, 4.69) is 65.1 Å². The molecule has 1 N–H and O–H groups in total. The first-order valence-corrected chi connectivity index (χ1v) is 9.92. The summed E-state index contributed by atoms with van der Waals surface area (Å²) in [6.07, 6.45) is 8.27. The molecule has 1 aromatic carbocycles. The molecule has 1 heterocycles. The Balaban J connectivity index is 1.35. The normalized spacial score (nSPS) is 17.4. The second kappa shape index (κ2) is 6.95. The van der Waals surface area contributed by atoms with Crippen molar-refractivity contribution in [3.63, 3.8) is 0 Å². The number of hydrogen-bond donors (Lipinski definition) is 1. The van der Waals surface area contributed by atoms with Crippen LogP contribution in [-0.2, 0) is 16.8 Å². The first kappa shape index (κ1) is 18.0. The quantitative estimate of drug-likeness (QED) is 0.785. The molecule has 0 spiro atoms. The maximum Gasteiger partial charge on any atom is 0.244 e. The van der Waals surface area contributed by atoms with Crippen LogP contribution < -0.4 is 5.32 Å². The van der Waals surface area contributed by atoms with Crippen molar-refractivity contribution in [3.8, 4) is 0 Å². The number of nitrogens with one attached hydrogen (secondary N) is 1. The van der Waals surface area contributed by atoms with Crippen molar-refractivity contribution in [2.45, 2.75) is 70.4 Å². The van der Waals surface area contributed by atoms with Crippen LogP contribution in [0.15, 0.2) is 30.3 Å². The van der Waals surface area contributed by atoms with Crippen LogP contribution in [0.1, 0.15) is 81.2 Å². The standard InChI is InChI=1S/C22H28N4O/c1-22(2,3)17-9-4-15(5-10-17)6-13-20(27)23-14-19-24-25-21(16-7-8-16)26(19)18-11-12-18/h4-6,9-10,13,16,18H,7-8,11-12,14H2,1-3H3,(H,23,27). The molecule has 1 aromatic heterocycles. The molecular weight excluding hydrogens is 336 g/mol. The van der Waals surface area contributed by atoms with Crippen molar-refractivity contribution in [2.75, 3.05) is 0 Å². The Morgan fingerprint density at radius 1 is 1.15 bits per heavy atom. The molecule has 2 aliphatic carbocycles. The number of carbonyl (C=O) groups excluding carboxylic acids is 1.